The van der Waals surface area contributed by atoms with Crippen LogP contribution >= 0.6 is 0 Å². The quantitative estimate of drug-likeness (QED) is 0.841. The van der Waals surface area contributed by atoms with Gasteiger partial charge in [-0.15, -0.1) is 0 Å². The fraction of sp³-hybridized carbons (Fsp3) is 0.800. The van der Waals surface area contributed by atoms with Gasteiger partial charge >= 0.3 is 5.97 Å². The van der Waals surface area contributed by atoms with Crippen molar-refractivity contribution in [3.05, 3.63) is 0 Å². The van der Waals surface area contributed by atoms with Gasteiger partial charge < -0.3 is 14.9 Å². The lowest BCUT2D eigenvalue weighted by Crippen LogP contribution is -2.52. The maximum Gasteiger partial charge on any atom is 0.308 e. The third-order valence-corrected chi connectivity index (χ3v) is 4.65. The largest absolute Gasteiger partial charge is 0.481 e. The predicted octanol–water partition coefficient (Wildman–Crippen LogP) is 0.957. The zero-order valence-electron chi connectivity index (χ0n) is 12.7. The summed E-state index contributed by atoms with van der Waals surface area (Å²) in [5.74, 6) is -1.44. The van der Waals surface area contributed by atoms with Gasteiger partial charge in [-0.25, -0.2) is 0 Å². The molecule has 21 heavy (non-hydrogen) atoms. The Labute approximate surface area is 125 Å². The van der Waals surface area contributed by atoms with Crippen molar-refractivity contribution in [2.45, 2.75) is 45.6 Å². The lowest BCUT2D eigenvalue weighted by Gasteiger charge is -2.36. The van der Waals surface area contributed by atoms with Gasteiger partial charge in [-0.3, -0.25) is 14.4 Å². The smallest absolute Gasteiger partial charge is 0.308 e. The van der Waals surface area contributed by atoms with Crippen LogP contribution in [0.1, 0.15) is 39.5 Å². The molecular weight excluding hydrogens is 272 g/mol. The molecule has 2 amide bonds. The number of carboxylic acid groups (broad SMARTS) is 1. The van der Waals surface area contributed by atoms with Crippen molar-refractivity contribution in [3.8, 4) is 0 Å². The number of hydrogen-bond acceptors (Lipinski definition) is 3. The molecule has 3 atom stereocenters. The predicted molar refractivity (Wildman–Crippen MR) is 76.5 cm³/mol. The van der Waals surface area contributed by atoms with Crippen molar-refractivity contribution in [1.29, 1.82) is 0 Å². The molecule has 0 saturated carbocycles. The topological polar surface area (TPSA) is 77.9 Å². The van der Waals surface area contributed by atoms with Crippen molar-refractivity contribution >= 4 is 17.8 Å². The average molecular weight is 296 g/mol. The summed E-state index contributed by atoms with van der Waals surface area (Å²) in [6.07, 6.45) is 2.96. The molecule has 118 valence electrons. The first kappa shape index (κ1) is 15.8. The molecule has 0 aromatic heterocycles. The van der Waals surface area contributed by atoms with E-state index >= 15 is 0 Å². The van der Waals surface area contributed by atoms with E-state index in [-0.39, 0.29) is 24.3 Å². The summed E-state index contributed by atoms with van der Waals surface area (Å²) in [4.78, 5) is 39.2. The molecule has 6 nitrogen and oxygen atoms in total. The Bertz CT molecular complexity index is 437. The lowest BCUT2D eigenvalue weighted by atomic mass is 9.99. The number of likely N-dealkylation sites (tertiary alicyclic amines) is 2. The van der Waals surface area contributed by atoms with Crippen molar-refractivity contribution in [2.75, 3.05) is 19.6 Å². The van der Waals surface area contributed by atoms with Crippen LogP contribution in [0.5, 0.6) is 0 Å². The van der Waals surface area contributed by atoms with Gasteiger partial charge in [0.25, 0.3) is 0 Å². The summed E-state index contributed by atoms with van der Waals surface area (Å²) in [5, 5.41) is 9.17. The number of amides is 2. The lowest BCUT2D eigenvalue weighted by molar-refractivity contribution is -0.147. The molecule has 2 aliphatic heterocycles. The molecule has 0 bridgehead atoms. The molecule has 1 unspecified atom stereocenters. The third-order valence-electron chi connectivity index (χ3n) is 4.65. The Morgan fingerprint density at radius 2 is 1.90 bits per heavy atom. The van der Waals surface area contributed by atoms with E-state index in [1.807, 2.05) is 6.92 Å². The van der Waals surface area contributed by atoms with Crippen LogP contribution in [0.25, 0.3) is 0 Å². The minimum Gasteiger partial charge on any atom is -0.481 e. The van der Waals surface area contributed by atoms with E-state index in [2.05, 4.69) is 0 Å². The standard InChI is InChI=1S/C15H24N2O4/c1-3-13(18)17-7-5-4-6-12(17)14(19)16-8-10(2)11(9-16)15(20)21/h10-12H,3-9H2,1-2H3,(H,20,21)/t10-,11-,12?/m1/s1. The monoisotopic (exact) mass is 296 g/mol. The van der Waals surface area contributed by atoms with E-state index < -0.39 is 17.9 Å². The number of aliphatic carboxylic acids is 1. The van der Waals surface area contributed by atoms with Crippen LogP contribution in [0, 0.1) is 11.8 Å². The fourth-order valence-electron chi connectivity index (χ4n) is 3.37. The Morgan fingerprint density at radius 3 is 2.48 bits per heavy atom. The summed E-state index contributed by atoms with van der Waals surface area (Å²) in [6, 6.07) is -0.397. The van der Waals surface area contributed by atoms with Crippen molar-refractivity contribution < 1.29 is 19.5 Å². The molecule has 6 heteroatoms. The summed E-state index contributed by atoms with van der Waals surface area (Å²) in [6.45, 7) is 5.04. The highest BCUT2D eigenvalue weighted by Crippen LogP contribution is 2.27. The summed E-state index contributed by atoms with van der Waals surface area (Å²) < 4.78 is 0. The number of carbonyl (C=O) groups is 3. The van der Waals surface area contributed by atoms with Crippen LogP contribution in [-0.2, 0) is 14.4 Å². The zero-order valence-corrected chi connectivity index (χ0v) is 12.7. The minimum atomic E-state index is -0.845. The van der Waals surface area contributed by atoms with E-state index in [9.17, 15) is 14.4 Å². The van der Waals surface area contributed by atoms with Crippen molar-refractivity contribution in [3.63, 3.8) is 0 Å². The van der Waals surface area contributed by atoms with Crippen LogP contribution < -0.4 is 0 Å². The third kappa shape index (κ3) is 3.19. The number of piperidine rings is 1. The van der Waals surface area contributed by atoms with Gasteiger partial charge in [0.15, 0.2) is 0 Å². The van der Waals surface area contributed by atoms with Crippen LogP contribution in [0.3, 0.4) is 0 Å². The second-order valence-corrected chi connectivity index (χ2v) is 6.12. The Kier molecular flexibility index (Phi) is 4.85. The van der Waals surface area contributed by atoms with Crippen molar-refractivity contribution in [2.24, 2.45) is 11.8 Å². The van der Waals surface area contributed by atoms with E-state index in [1.54, 1.807) is 16.7 Å². The van der Waals surface area contributed by atoms with Crippen molar-refractivity contribution in [1.82, 2.24) is 9.80 Å². The number of nitrogens with zero attached hydrogens (tertiary/aromatic N) is 2. The van der Waals surface area contributed by atoms with E-state index in [1.165, 1.54) is 0 Å². The molecule has 2 heterocycles. The second-order valence-electron chi connectivity index (χ2n) is 6.12. The molecule has 0 aliphatic carbocycles. The second kappa shape index (κ2) is 6.45. The van der Waals surface area contributed by atoms with E-state index in [0.717, 1.165) is 12.8 Å². The highest BCUT2D eigenvalue weighted by molar-refractivity contribution is 5.88. The van der Waals surface area contributed by atoms with Gasteiger partial charge in [-0.2, -0.15) is 0 Å². The zero-order chi connectivity index (χ0) is 15.6. The minimum absolute atomic E-state index is 0.00933. The van der Waals surface area contributed by atoms with Gasteiger partial charge in [0, 0.05) is 26.1 Å². The molecule has 0 aromatic rings. The highest BCUT2D eigenvalue weighted by Gasteiger charge is 2.41. The molecular formula is C15H24N2O4. The van der Waals surface area contributed by atoms with Gasteiger partial charge in [-0.1, -0.05) is 13.8 Å². The van der Waals surface area contributed by atoms with Crippen LogP contribution in [-0.4, -0.2) is 58.4 Å². The molecule has 2 saturated heterocycles. The molecule has 2 rings (SSSR count). The van der Waals surface area contributed by atoms with Gasteiger partial charge in [-0.05, 0) is 25.2 Å². The number of carboxylic acids is 1. The molecule has 0 spiro atoms. The molecule has 2 aliphatic rings. The number of hydrogen-bond donors (Lipinski definition) is 1. The van der Waals surface area contributed by atoms with Crippen LogP contribution in [0.15, 0.2) is 0 Å². The van der Waals surface area contributed by atoms with Crippen LogP contribution in [0.2, 0.25) is 0 Å². The number of rotatable bonds is 3. The SMILES string of the molecule is CCC(=O)N1CCCCC1C(=O)N1C[C@@H](C)[C@H](C(=O)O)C1. The maximum atomic E-state index is 12.7. The molecule has 0 radical (unpaired) electrons. The fourth-order valence-corrected chi connectivity index (χ4v) is 3.37. The molecule has 1 N–H and O–H groups in total. The van der Waals surface area contributed by atoms with Gasteiger partial charge in [0.05, 0.1) is 5.92 Å². The van der Waals surface area contributed by atoms with Gasteiger partial charge in [0.2, 0.25) is 11.8 Å². The summed E-state index contributed by atoms with van der Waals surface area (Å²) >= 11 is 0. The first-order valence-electron chi connectivity index (χ1n) is 7.76. The average Bonchev–Trinajstić information content (AvgIpc) is 2.88. The van der Waals surface area contributed by atoms with Gasteiger partial charge in [0.1, 0.15) is 6.04 Å². The Morgan fingerprint density at radius 1 is 1.19 bits per heavy atom. The maximum absolute atomic E-state index is 12.7. The molecule has 0 aromatic carbocycles. The summed E-state index contributed by atoms with van der Waals surface area (Å²) in [5.41, 5.74) is 0. The highest BCUT2D eigenvalue weighted by atomic mass is 16.4. The van der Waals surface area contributed by atoms with E-state index in [0.29, 0.717) is 25.9 Å². The Hall–Kier alpha value is -1.59. The Balaban J connectivity index is 2.08. The first-order valence-corrected chi connectivity index (χ1v) is 7.76. The molecule has 2 fully saturated rings. The van der Waals surface area contributed by atoms with E-state index in [4.69, 9.17) is 5.11 Å². The normalized spacial score (nSPS) is 29.5. The first-order chi connectivity index (χ1) is 9.95. The summed E-state index contributed by atoms with van der Waals surface area (Å²) in [7, 11) is 0. The number of carbonyl (C=O) groups excluding carboxylic acids is 2. The van der Waals surface area contributed by atoms with Crippen LogP contribution in [0.4, 0.5) is 0 Å².